The van der Waals surface area contributed by atoms with E-state index < -0.39 is 9.84 Å². The number of benzene rings is 1. The van der Waals surface area contributed by atoms with E-state index in [9.17, 15) is 13.2 Å². The Balaban J connectivity index is 2.15. The van der Waals surface area contributed by atoms with Crippen molar-refractivity contribution in [2.24, 2.45) is 5.92 Å². The van der Waals surface area contributed by atoms with Crippen molar-refractivity contribution in [1.29, 1.82) is 0 Å². The molecule has 1 N–H and O–H groups in total. The Kier molecular flexibility index (Phi) is 6.26. The summed E-state index contributed by atoms with van der Waals surface area (Å²) < 4.78 is 24.9. The van der Waals surface area contributed by atoms with E-state index in [0.29, 0.717) is 28.9 Å². The summed E-state index contributed by atoms with van der Waals surface area (Å²) in [6, 6.07) is 6.10. The quantitative estimate of drug-likeness (QED) is 0.758. The van der Waals surface area contributed by atoms with Crippen molar-refractivity contribution in [3.63, 3.8) is 0 Å². The highest BCUT2D eigenvalue weighted by molar-refractivity contribution is 7.90. The molecule has 0 bridgehead atoms. The summed E-state index contributed by atoms with van der Waals surface area (Å²) in [6.45, 7) is 6.66. The molecule has 2 rings (SSSR count). The first-order valence-electron chi connectivity index (χ1n) is 8.10. The molecule has 0 aliphatic heterocycles. The van der Waals surface area contributed by atoms with Crippen LogP contribution in [0.2, 0.25) is 5.15 Å². The van der Waals surface area contributed by atoms with Gasteiger partial charge in [0.1, 0.15) is 5.15 Å². The molecule has 8 heteroatoms. The van der Waals surface area contributed by atoms with Crippen molar-refractivity contribution in [2.75, 3.05) is 11.6 Å². The first-order chi connectivity index (χ1) is 12.1. The second-order valence-corrected chi connectivity index (χ2v) is 8.86. The molecule has 1 aromatic heterocycles. The zero-order valence-electron chi connectivity index (χ0n) is 15.2. The molecule has 6 nitrogen and oxygen atoms in total. The minimum atomic E-state index is -3.33. The summed E-state index contributed by atoms with van der Waals surface area (Å²) in [5, 5.41) is 7.51. The highest BCUT2D eigenvalue weighted by Crippen LogP contribution is 2.22. The lowest BCUT2D eigenvalue weighted by Gasteiger charge is -2.05. The lowest BCUT2D eigenvalue weighted by molar-refractivity contribution is -0.111. The van der Waals surface area contributed by atoms with E-state index in [2.05, 4.69) is 24.3 Å². The molecule has 0 radical (unpaired) electrons. The first-order valence-corrected chi connectivity index (χ1v) is 10.4. The van der Waals surface area contributed by atoms with Gasteiger partial charge in [-0.1, -0.05) is 31.5 Å². The summed E-state index contributed by atoms with van der Waals surface area (Å²) in [4.78, 5) is 12.3. The van der Waals surface area contributed by atoms with Crippen LogP contribution in [-0.2, 0) is 21.2 Å². The molecule has 1 amide bonds. The van der Waals surface area contributed by atoms with Crippen LogP contribution in [0.3, 0.4) is 0 Å². The lowest BCUT2D eigenvalue weighted by atomic mass is 10.2. The van der Waals surface area contributed by atoms with Crippen molar-refractivity contribution in [3.8, 4) is 0 Å². The monoisotopic (exact) mass is 395 g/mol. The fourth-order valence-electron chi connectivity index (χ4n) is 2.37. The van der Waals surface area contributed by atoms with Gasteiger partial charge in [-0.2, -0.15) is 5.10 Å². The number of aryl methyl sites for hydroxylation is 1. The van der Waals surface area contributed by atoms with E-state index >= 15 is 0 Å². The number of anilines is 1. The maximum Gasteiger partial charge on any atom is 0.248 e. The normalized spacial score (nSPS) is 12.1. The molecule has 0 aliphatic carbocycles. The smallest absolute Gasteiger partial charge is 0.248 e. The van der Waals surface area contributed by atoms with Gasteiger partial charge in [-0.3, -0.25) is 9.48 Å². The molecular weight excluding hydrogens is 374 g/mol. The highest BCUT2D eigenvalue weighted by atomic mass is 35.5. The third-order valence-corrected chi connectivity index (χ3v) is 5.09. The molecule has 0 fully saturated rings. The number of hydrogen-bond acceptors (Lipinski definition) is 4. The molecule has 0 saturated carbocycles. The number of aromatic nitrogens is 2. The number of halogens is 1. The van der Waals surface area contributed by atoms with Crippen LogP contribution in [-0.4, -0.2) is 30.4 Å². The number of carbonyl (C=O) groups excluding carboxylic acids is 1. The molecule has 1 aromatic carbocycles. The Hall–Kier alpha value is -2.12. The Morgan fingerprint density at radius 3 is 2.69 bits per heavy atom. The van der Waals surface area contributed by atoms with Crippen molar-refractivity contribution in [1.82, 2.24) is 9.78 Å². The van der Waals surface area contributed by atoms with Gasteiger partial charge in [-0.15, -0.1) is 0 Å². The van der Waals surface area contributed by atoms with Gasteiger partial charge in [0.15, 0.2) is 9.84 Å². The summed E-state index contributed by atoms with van der Waals surface area (Å²) in [5.41, 5.74) is 1.83. The molecule has 2 aromatic rings. The van der Waals surface area contributed by atoms with Crippen LogP contribution >= 0.6 is 11.6 Å². The Labute approximate surface area is 158 Å². The molecule has 0 aliphatic rings. The van der Waals surface area contributed by atoms with Gasteiger partial charge in [0.05, 0.1) is 10.6 Å². The van der Waals surface area contributed by atoms with Gasteiger partial charge in [0.25, 0.3) is 0 Å². The van der Waals surface area contributed by atoms with Gasteiger partial charge in [-0.25, -0.2) is 8.42 Å². The molecule has 0 spiro atoms. The number of nitrogens with zero attached hydrogens (tertiary/aromatic N) is 2. The minimum Gasteiger partial charge on any atom is -0.322 e. The Morgan fingerprint density at radius 2 is 2.08 bits per heavy atom. The molecule has 140 valence electrons. The topological polar surface area (TPSA) is 81.1 Å². The third kappa shape index (κ3) is 5.19. The average Bonchev–Trinajstić information content (AvgIpc) is 2.78. The van der Waals surface area contributed by atoms with E-state index in [4.69, 9.17) is 11.6 Å². The maximum atomic E-state index is 12.1. The number of hydrogen-bond donors (Lipinski definition) is 1. The summed E-state index contributed by atoms with van der Waals surface area (Å²) >= 11 is 6.34. The summed E-state index contributed by atoms with van der Waals surface area (Å²) in [6.07, 6.45) is 4.08. The zero-order chi connectivity index (χ0) is 19.5. The largest absolute Gasteiger partial charge is 0.322 e. The second-order valence-electron chi connectivity index (χ2n) is 6.49. The summed E-state index contributed by atoms with van der Waals surface area (Å²) in [5.74, 6) is 0.0109. The van der Waals surface area contributed by atoms with Crippen LogP contribution in [0.4, 0.5) is 5.69 Å². The Morgan fingerprint density at radius 1 is 1.38 bits per heavy atom. The number of amides is 1. The zero-order valence-corrected chi connectivity index (χ0v) is 16.7. The van der Waals surface area contributed by atoms with E-state index in [1.54, 1.807) is 22.9 Å². The molecule has 26 heavy (non-hydrogen) atoms. The molecular formula is C18H22ClN3O3S. The molecule has 0 atom stereocenters. The van der Waals surface area contributed by atoms with Crippen LogP contribution in [0.25, 0.3) is 6.08 Å². The molecule has 0 unspecified atom stereocenters. The van der Waals surface area contributed by atoms with E-state index in [0.717, 1.165) is 11.9 Å². The van der Waals surface area contributed by atoms with Crippen LogP contribution in [0.15, 0.2) is 35.2 Å². The molecule has 1 heterocycles. The van der Waals surface area contributed by atoms with Gasteiger partial charge >= 0.3 is 0 Å². The van der Waals surface area contributed by atoms with E-state index in [1.165, 1.54) is 18.2 Å². The van der Waals surface area contributed by atoms with Crippen LogP contribution in [0.5, 0.6) is 0 Å². The average molecular weight is 396 g/mol. The van der Waals surface area contributed by atoms with Crippen molar-refractivity contribution in [2.45, 2.75) is 32.2 Å². The fourth-order valence-corrected chi connectivity index (χ4v) is 3.34. The van der Waals surface area contributed by atoms with Crippen molar-refractivity contribution < 1.29 is 13.2 Å². The van der Waals surface area contributed by atoms with Crippen LogP contribution in [0.1, 0.15) is 25.1 Å². The van der Waals surface area contributed by atoms with Gasteiger partial charge in [-0.05, 0) is 37.1 Å². The van der Waals surface area contributed by atoms with E-state index in [-0.39, 0.29) is 10.8 Å². The number of rotatable bonds is 6. The maximum absolute atomic E-state index is 12.1. The van der Waals surface area contributed by atoms with Crippen LogP contribution < -0.4 is 5.32 Å². The van der Waals surface area contributed by atoms with E-state index in [1.807, 2.05) is 6.92 Å². The number of nitrogens with one attached hydrogen (secondary N) is 1. The standard InChI is InChI=1S/C18H22ClN3O3S/c1-12(2)11-22-18(19)16(13(3)21-22)8-9-17(23)20-14-6-5-7-15(10-14)26(4,24)25/h5-10,12H,11H2,1-4H3,(H,20,23)/b9-8+. The lowest BCUT2D eigenvalue weighted by Crippen LogP contribution is -2.08. The summed E-state index contributed by atoms with van der Waals surface area (Å²) in [7, 11) is -3.33. The first kappa shape index (κ1) is 20.2. The number of sulfone groups is 1. The highest BCUT2D eigenvalue weighted by Gasteiger charge is 2.12. The van der Waals surface area contributed by atoms with Crippen molar-refractivity contribution in [3.05, 3.63) is 46.8 Å². The third-order valence-electron chi connectivity index (χ3n) is 3.58. The predicted molar refractivity (Wildman–Crippen MR) is 104 cm³/mol. The molecule has 0 saturated heterocycles. The number of carbonyl (C=O) groups is 1. The predicted octanol–water partition coefficient (Wildman–Crippen LogP) is 3.56. The second kappa shape index (κ2) is 8.05. The minimum absolute atomic E-state index is 0.146. The fraction of sp³-hybridized carbons (Fsp3) is 0.333. The Bertz CT molecular complexity index is 947. The van der Waals surface area contributed by atoms with Gasteiger partial charge in [0.2, 0.25) is 5.91 Å². The van der Waals surface area contributed by atoms with Gasteiger partial charge in [0, 0.05) is 30.1 Å². The SMILES string of the molecule is Cc1nn(CC(C)C)c(Cl)c1/C=C/C(=O)Nc1cccc(S(C)(=O)=O)c1. The van der Waals surface area contributed by atoms with Gasteiger partial charge < -0.3 is 5.32 Å². The van der Waals surface area contributed by atoms with Crippen LogP contribution in [0, 0.1) is 12.8 Å². The van der Waals surface area contributed by atoms with Crippen molar-refractivity contribution >= 4 is 39.1 Å².